The van der Waals surface area contributed by atoms with Crippen LogP contribution in [-0.2, 0) is 75.5 Å². The smallest absolute Gasteiger partial charge is 0.342 e. The Morgan fingerprint density at radius 2 is 1.33 bits per heavy atom. The number of rotatable bonds is 28. The van der Waals surface area contributed by atoms with Crippen molar-refractivity contribution in [1.82, 2.24) is 5.06 Å². The molecule has 0 spiro atoms. The summed E-state index contributed by atoms with van der Waals surface area (Å²) in [6, 6.07) is 28.8. The predicted octanol–water partition coefficient (Wildman–Crippen LogP) is 8.84. The summed E-state index contributed by atoms with van der Waals surface area (Å²) in [5.41, 5.74) is 9.22. The highest BCUT2D eigenvalue weighted by atomic mass is 32.2. The minimum Gasteiger partial charge on any atom is -0.493 e. The summed E-state index contributed by atoms with van der Waals surface area (Å²) in [4.78, 5) is 107. The highest BCUT2D eigenvalue weighted by molar-refractivity contribution is 7.99. The number of methoxy groups -OCH3 is 2. The second-order valence-electron chi connectivity index (χ2n) is 21.3. The standard InChI is InChI=1S/C64H69N5O14S/c1-41-28-51-44(16-17-47-32-45-10-4-6-14-54(45)67(47)63(51)75)34-56(41)81-38-42-29-43(39-82-58-36-53-52(35-57(58)78-3)64(76)68-49(37-65-53)33-46-11-5-7-15-55(46)68)31-48(30-42)66(59(71)20-22-79-25-26-80-24-23-77-2)21-8-12-50(70)13-9-27-84-40-62(74)83-69-60(72)18-19-61(69)73/h4-7,10-11,14-15,28-31,34-37,47,49H,8-9,12-13,16-27,32-33,38-40H2,1-3H3/t47-,49+/m1/s1. The van der Waals surface area contributed by atoms with Crippen molar-refractivity contribution in [3.63, 3.8) is 0 Å². The molecule has 20 heteroatoms. The number of hydroxylamine groups is 2. The van der Waals surface area contributed by atoms with E-state index < -0.39 is 17.8 Å². The number of ketones is 1. The van der Waals surface area contributed by atoms with Crippen LogP contribution in [0, 0.1) is 6.92 Å². The van der Waals surface area contributed by atoms with Crippen LogP contribution >= 0.6 is 11.8 Å². The van der Waals surface area contributed by atoms with E-state index in [1.165, 1.54) is 24.4 Å². The van der Waals surface area contributed by atoms with Gasteiger partial charge in [-0.2, -0.15) is 11.8 Å². The van der Waals surface area contributed by atoms with E-state index in [2.05, 4.69) is 6.07 Å². The second kappa shape index (κ2) is 27.7. The number of Topliss-reactive ketones (excluding diaryl/α,β-unsaturated/α-hetero) is 1. The van der Waals surface area contributed by atoms with Crippen molar-refractivity contribution in [3.8, 4) is 17.2 Å². The van der Waals surface area contributed by atoms with E-state index in [1.807, 2.05) is 84.6 Å². The first-order valence-corrected chi connectivity index (χ1v) is 29.7. The minimum absolute atomic E-state index is 0.00743. The molecular weight excluding hydrogens is 1090 g/mol. The lowest BCUT2D eigenvalue weighted by molar-refractivity contribution is -0.195. The van der Waals surface area contributed by atoms with Gasteiger partial charge in [-0.3, -0.25) is 38.7 Å². The molecule has 5 aromatic carbocycles. The van der Waals surface area contributed by atoms with Crippen LogP contribution in [-0.4, -0.2) is 130 Å². The Morgan fingerprint density at radius 1 is 0.667 bits per heavy atom. The largest absolute Gasteiger partial charge is 0.493 e. The first-order valence-electron chi connectivity index (χ1n) is 28.6. The van der Waals surface area contributed by atoms with Crippen LogP contribution in [0.5, 0.6) is 17.2 Å². The number of para-hydroxylation sites is 2. The van der Waals surface area contributed by atoms with Gasteiger partial charge < -0.3 is 43.1 Å². The number of aryl methyl sites for hydroxylation is 2. The lowest BCUT2D eigenvalue weighted by atomic mass is 9.98. The number of thioether (sulfide) groups is 1. The molecule has 1 saturated heterocycles. The number of benzene rings is 5. The SMILES string of the molecule is COCCOCCOCCC(=O)N(CCCC(=O)CCCSCC(=O)ON1C(=O)CCC1=O)c1cc(COc2cc3c(cc2C)C(=O)N2c4ccccc4C[C@H]2CC3)cc(COc2cc3c(cc2OC)C(=O)N2c4ccccc4C[C@H]2C=N3)c1. The van der Waals surface area contributed by atoms with Crippen LogP contribution in [0.4, 0.5) is 22.7 Å². The van der Waals surface area contributed by atoms with Crippen molar-refractivity contribution >= 4 is 82.0 Å². The number of anilines is 3. The number of hydrogen-bond donors (Lipinski definition) is 0. The molecule has 5 aromatic rings. The number of nitrogens with zero attached hydrogens (tertiary/aromatic N) is 5. The van der Waals surface area contributed by atoms with E-state index in [4.69, 9.17) is 38.3 Å². The molecular formula is C64H69N5O14S. The average molecular weight is 1160 g/mol. The Bertz CT molecular complexity index is 3330. The maximum absolute atomic E-state index is 14.5. The van der Waals surface area contributed by atoms with Gasteiger partial charge in [0, 0.05) is 86.7 Å². The van der Waals surface area contributed by atoms with Crippen molar-refractivity contribution in [1.29, 1.82) is 0 Å². The molecule has 0 saturated carbocycles. The molecule has 0 radical (unpaired) electrons. The Hall–Kier alpha value is -7.91. The molecule has 84 heavy (non-hydrogen) atoms. The predicted molar refractivity (Wildman–Crippen MR) is 316 cm³/mol. The fourth-order valence-electron chi connectivity index (χ4n) is 11.3. The number of carbonyl (C=O) groups excluding carboxylic acids is 7. The van der Waals surface area contributed by atoms with Gasteiger partial charge in [-0.05, 0) is 127 Å². The minimum atomic E-state index is -0.715. The fourth-order valence-corrected chi connectivity index (χ4v) is 12.0. The lowest BCUT2D eigenvalue weighted by Crippen LogP contribution is -2.37. The summed E-state index contributed by atoms with van der Waals surface area (Å²) in [7, 11) is 3.11. The van der Waals surface area contributed by atoms with Crippen molar-refractivity contribution in [2.75, 3.05) is 80.0 Å². The van der Waals surface area contributed by atoms with Crippen molar-refractivity contribution in [2.45, 2.75) is 103 Å². The van der Waals surface area contributed by atoms with Gasteiger partial charge in [0.1, 0.15) is 24.7 Å². The van der Waals surface area contributed by atoms with Crippen LogP contribution in [0.25, 0.3) is 0 Å². The zero-order valence-electron chi connectivity index (χ0n) is 47.6. The van der Waals surface area contributed by atoms with Crippen LogP contribution in [0.3, 0.4) is 0 Å². The Balaban J connectivity index is 0.876. The molecule has 440 valence electrons. The van der Waals surface area contributed by atoms with Gasteiger partial charge in [0.15, 0.2) is 11.5 Å². The molecule has 2 atom stereocenters. The zero-order chi connectivity index (χ0) is 58.7. The highest BCUT2D eigenvalue weighted by Crippen LogP contribution is 2.42. The monoisotopic (exact) mass is 1160 g/mol. The number of fused-ring (bicyclic) bond motifs is 8. The van der Waals surface area contributed by atoms with E-state index >= 15 is 0 Å². The molecule has 0 aromatic heterocycles. The van der Waals surface area contributed by atoms with Gasteiger partial charge in [0.2, 0.25) is 5.91 Å². The van der Waals surface area contributed by atoms with Gasteiger partial charge in [-0.25, -0.2) is 4.79 Å². The summed E-state index contributed by atoms with van der Waals surface area (Å²) in [5, 5.41) is 0.521. The molecule has 0 aliphatic carbocycles. The van der Waals surface area contributed by atoms with E-state index in [1.54, 1.807) is 35.3 Å². The molecule has 1 fully saturated rings. The van der Waals surface area contributed by atoms with Crippen LogP contribution in [0.15, 0.2) is 96.0 Å². The maximum atomic E-state index is 14.5. The Morgan fingerprint density at radius 3 is 2.07 bits per heavy atom. The van der Waals surface area contributed by atoms with Gasteiger partial charge in [-0.1, -0.05) is 36.4 Å². The molecule has 19 nitrogen and oxygen atoms in total. The third kappa shape index (κ3) is 13.8. The molecule has 5 heterocycles. The molecule has 0 unspecified atom stereocenters. The zero-order valence-corrected chi connectivity index (χ0v) is 48.4. The summed E-state index contributed by atoms with van der Waals surface area (Å²) in [6.07, 6.45) is 6.07. The molecule has 5 aliphatic rings. The van der Waals surface area contributed by atoms with Crippen LogP contribution in [0.1, 0.15) is 105 Å². The summed E-state index contributed by atoms with van der Waals surface area (Å²) in [6.45, 7) is 3.81. The lowest BCUT2D eigenvalue weighted by Gasteiger charge is -2.25. The van der Waals surface area contributed by atoms with Crippen LogP contribution < -0.4 is 28.9 Å². The summed E-state index contributed by atoms with van der Waals surface area (Å²) < 4.78 is 35.5. The topological polar surface area (TPSA) is 209 Å². The van der Waals surface area contributed by atoms with E-state index in [0.29, 0.717) is 102 Å². The number of hydrogen-bond acceptors (Lipinski definition) is 16. The number of aliphatic imine (C=N–C) groups is 1. The Labute approximate surface area is 492 Å². The van der Waals surface area contributed by atoms with Gasteiger partial charge in [0.05, 0.1) is 69.6 Å². The average Bonchev–Trinajstić information content (AvgIpc) is 4.32. The number of imide groups is 1. The number of carbonyl (C=O) groups is 7. The second-order valence-corrected chi connectivity index (χ2v) is 22.4. The third-order valence-corrected chi connectivity index (χ3v) is 16.5. The molecule has 0 N–H and O–H groups in total. The normalized spacial score (nSPS) is 16.5. The van der Waals surface area contributed by atoms with Crippen molar-refractivity contribution in [2.24, 2.45) is 4.99 Å². The maximum Gasteiger partial charge on any atom is 0.342 e. The highest BCUT2D eigenvalue weighted by Gasteiger charge is 2.39. The summed E-state index contributed by atoms with van der Waals surface area (Å²) >= 11 is 1.24. The van der Waals surface area contributed by atoms with Crippen LogP contribution in [0.2, 0.25) is 0 Å². The van der Waals surface area contributed by atoms with Gasteiger partial charge in [-0.15, -0.1) is 5.06 Å². The number of ether oxygens (including phenoxy) is 6. The van der Waals surface area contributed by atoms with Crippen molar-refractivity contribution in [3.05, 3.63) is 136 Å². The van der Waals surface area contributed by atoms with E-state index in [9.17, 15) is 33.6 Å². The van der Waals surface area contributed by atoms with Gasteiger partial charge >= 0.3 is 5.97 Å². The first-order chi connectivity index (χ1) is 40.9. The fraction of sp³-hybridized carbons (Fsp3) is 0.406. The van der Waals surface area contributed by atoms with E-state index in [0.717, 1.165) is 46.5 Å². The molecule has 5 amide bonds. The summed E-state index contributed by atoms with van der Waals surface area (Å²) in [5.74, 6) is -0.558. The molecule has 10 rings (SSSR count). The third-order valence-electron chi connectivity index (χ3n) is 15.5. The van der Waals surface area contributed by atoms with Gasteiger partial charge in [0.25, 0.3) is 23.6 Å². The molecule has 0 bridgehead atoms. The quantitative estimate of drug-likeness (QED) is 0.0338. The first kappa shape index (κ1) is 59.3. The van der Waals surface area contributed by atoms with E-state index in [-0.39, 0.29) is 106 Å². The Kier molecular flexibility index (Phi) is 19.5. The van der Waals surface area contributed by atoms with Crippen molar-refractivity contribution < 1.29 is 66.8 Å². The molecule has 5 aliphatic heterocycles. The number of amides is 5.